The Labute approximate surface area is 120 Å². The number of thiophene rings is 1. The lowest BCUT2D eigenvalue weighted by Crippen LogP contribution is -2.41. The maximum atomic E-state index is 12.1. The van der Waals surface area contributed by atoms with Crippen molar-refractivity contribution < 1.29 is 9.90 Å². The van der Waals surface area contributed by atoms with Crippen LogP contribution in [0.2, 0.25) is 0 Å². The second kappa shape index (κ2) is 5.82. The number of nitrogens with zero attached hydrogens (tertiary/aromatic N) is 1. The number of carbonyl (C=O) groups is 1. The highest BCUT2D eigenvalue weighted by molar-refractivity contribution is 9.10. The smallest absolute Gasteiger partial charge is 0.187 e. The predicted molar refractivity (Wildman–Crippen MR) is 77.3 cm³/mol. The van der Waals surface area contributed by atoms with Gasteiger partial charge in [-0.1, -0.05) is 12.8 Å². The van der Waals surface area contributed by atoms with Crippen LogP contribution in [0.15, 0.2) is 15.9 Å². The van der Waals surface area contributed by atoms with Gasteiger partial charge >= 0.3 is 0 Å². The van der Waals surface area contributed by atoms with E-state index in [1.807, 2.05) is 23.4 Å². The van der Waals surface area contributed by atoms with Crippen molar-refractivity contribution >= 4 is 33.0 Å². The Bertz CT molecular complexity index is 426. The molecule has 0 aliphatic heterocycles. The first-order valence-corrected chi connectivity index (χ1v) is 7.85. The number of rotatable bonds is 5. The van der Waals surface area contributed by atoms with Gasteiger partial charge in [0.05, 0.1) is 17.0 Å². The average Bonchev–Trinajstić information content (AvgIpc) is 2.87. The molecule has 1 fully saturated rings. The molecule has 1 aliphatic carbocycles. The van der Waals surface area contributed by atoms with Crippen LogP contribution in [0.5, 0.6) is 0 Å². The lowest BCUT2D eigenvalue weighted by Gasteiger charge is -2.28. The summed E-state index contributed by atoms with van der Waals surface area (Å²) in [4.78, 5) is 14.8. The van der Waals surface area contributed by atoms with E-state index < -0.39 is 5.60 Å². The Hall–Kier alpha value is -0.230. The van der Waals surface area contributed by atoms with Crippen molar-refractivity contribution in [1.29, 1.82) is 0 Å². The minimum Gasteiger partial charge on any atom is -0.389 e. The molecule has 0 saturated heterocycles. The van der Waals surface area contributed by atoms with Crippen molar-refractivity contribution in [2.24, 2.45) is 0 Å². The van der Waals surface area contributed by atoms with E-state index >= 15 is 0 Å². The Morgan fingerprint density at radius 3 is 2.78 bits per heavy atom. The monoisotopic (exact) mass is 331 g/mol. The van der Waals surface area contributed by atoms with Crippen molar-refractivity contribution in [3.8, 4) is 0 Å². The summed E-state index contributed by atoms with van der Waals surface area (Å²) < 4.78 is 0.866. The number of hydrogen-bond donors (Lipinski definition) is 1. The number of hydrogen-bond acceptors (Lipinski definition) is 4. The first-order valence-electron chi connectivity index (χ1n) is 6.17. The molecule has 5 heteroatoms. The average molecular weight is 332 g/mol. The van der Waals surface area contributed by atoms with Gasteiger partial charge in [-0.15, -0.1) is 11.3 Å². The van der Waals surface area contributed by atoms with Crippen molar-refractivity contribution in [3.63, 3.8) is 0 Å². The second-order valence-corrected chi connectivity index (χ2v) is 6.90. The van der Waals surface area contributed by atoms with E-state index in [2.05, 4.69) is 15.9 Å². The first kappa shape index (κ1) is 14.2. The molecule has 1 saturated carbocycles. The maximum Gasteiger partial charge on any atom is 0.187 e. The molecule has 0 amide bonds. The van der Waals surface area contributed by atoms with Gasteiger partial charge in [0.25, 0.3) is 0 Å². The molecule has 100 valence electrons. The van der Waals surface area contributed by atoms with Crippen molar-refractivity contribution in [1.82, 2.24) is 4.90 Å². The molecule has 0 atom stereocenters. The highest BCUT2D eigenvalue weighted by atomic mass is 79.9. The van der Waals surface area contributed by atoms with Gasteiger partial charge in [0.1, 0.15) is 0 Å². The molecular formula is C13H18BrNO2S. The molecular weight excluding hydrogens is 314 g/mol. The fourth-order valence-corrected chi connectivity index (χ4v) is 4.08. The Balaban J connectivity index is 1.89. The van der Waals surface area contributed by atoms with Crippen LogP contribution in [-0.2, 0) is 0 Å². The van der Waals surface area contributed by atoms with Gasteiger partial charge in [0.15, 0.2) is 5.78 Å². The summed E-state index contributed by atoms with van der Waals surface area (Å²) in [5.41, 5.74) is -0.582. The number of carbonyl (C=O) groups excluding carboxylic acids is 1. The van der Waals surface area contributed by atoms with Crippen LogP contribution in [0.1, 0.15) is 35.4 Å². The van der Waals surface area contributed by atoms with Gasteiger partial charge in [-0.2, -0.15) is 0 Å². The molecule has 1 aromatic rings. The number of halogens is 1. The quantitative estimate of drug-likeness (QED) is 0.843. The van der Waals surface area contributed by atoms with Gasteiger partial charge in [0.2, 0.25) is 0 Å². The highest BCUT2D eigenvalue weighted by Crippen LogP contribution is 2.30. The summed E-state index contributed by atoms with van der Waals surface area (Å²) in [6, 6.07) is 1.89. The van der Waals surface area contributed by atoms with Crippen LogP contribution >= 0.6 is 27.3 Å². The van der Waals surface area contributed by atoms with E-state index in [-0.39, 0.29) is 5.78 Å². The number of aliphatic hydroxyl groups is 1. The topological polar surface area (TPSA) is 40.5 Å². The van der Waals surface area contributed by atoms with Crippen LogP contribution < -0.4 is 0 Å². The SMILES string of the molecule is CN(CC(=O)c1sccc1Br)CC1(O)CCCC1. The largest absolute Gasteiger partial charge is 0.389 e. The van der Waals surface area contributed by atoms with Crippen LogP contribution in [0, 0.1) is 0 Å². The molecule has 2 rings (SSSR count). The zero-order valence-corrected chi connectivity index (χ0v) is 12.9. The lowest BCUT2D eigenvalue weighted by molar-refractivity contribution is 0.0172. The molecule has 1 heterocycles. The summed E-state index contributed by atoms with van der Waals surface area (Å²) in [6.07, 6.45) is 3.89. The Morgan fingerprint density at radius 2 is 2.22 bits per heavy atom. The molecule has 1 aromatic heterocycles. The summed E-state index contributed by atoms with van der Waals surface area (Å²) in [6.45, 7) is 0.948. The van der Waals surface area contributed by atoms with Gasteiger partial charge in [-0.05, 0) is 47.3 Å². The fraction of sp³-hybridized carbons (Fsp3) is 0.615. The number of likely N-dealkylation sites (N-methyl/N-ethyl adjacent to an activating group) is 1. The third kappa shape index (κ3) is 3.41. The fourth-order valence-electron chi connectivity index (χ4n) is 2.56. The van der Waals surface area contributed by atoms with Gasteiger partial charge in [-0.3, -0.25) is 9.69 Å². The van der Waals surface area contributed by atoms with Crippen molar-refractivity contribution in [2.45, 2.75) is 31.3 Å². The standard InChI is InChI=1S/C13H18BrNO2S/c1-15(9-13(17)5-2-3-6-13)8-11(16)12-10(14)4-7-18-12/h4,7,17H,2-3,5-6,8-9H2,1H3. The number of Topliss-reactive ketones (excluding diaryl/α,β-unsaturated/α-hetero) is 1. The van der Waals surface area contributed by atoms with Crippen LogP contribution in [0.3, 0.4) is 0 Å². The first-order chi connectivity index (χ1) is 8.50. The zero-order valence-electron chi connectivity index (χ0n) is 10.5. The summed E-state index contributed by atoms with van der Waals surface area (Å²) in [7, 11) is 1.90. The molecule has 0 aromatic carbocycles. The predicted octanol–water partition coefficient (Wildman–Crippen LogP) is 2.93. The van der Waals surface area contributed by atoms with Crippen LogP contribution in [0.25, 0.3) is 0 Å². The minimum atomic E-state index is -0.582. The molecule has 18 heavy (non-hydrogen) atoms. The van der Waals surface area contributed by atoms with E-state index in [1.54, 1.807) is 0 Å². The molecule has 1 N–H and O–H groups in total. The third-order valence-corrected chi connectivity index (χ3v) is 5.26. The van der Waals surface area contributed by atoms with E-state index in [9.17, 15) is 9.90 Å². The summed E-state index contributed by atoms with van der Waals surface area (Å²) >= 11 is 4.83. The number of ketones is 1. The van der Waals surface area contributed by atoms with Crippen LogP contribution in [0.4, 0.5) is 0 Å². The lowest BCUT2D eigenvalue weighted by atomic mass is 10.0. The summed E-state index contributed by atoms with van der Waals surface area (Å²) in [5.74, 6) is 0.112. The molecule has 0 spiro atoms. The minimum absolute atomic E-state index is 0.112. The zero-order chi connectivity index (χ0) is 13.2. The summed E-state index contributed by atoms with van der Waals surface area (Å²) in [5, 5.41) is 12.2. The molecule has 3 nitrogen and oxygen atoms in total. The third-order valence-electron chi connectivity index (χ3n) is 3.38. The van der Waals surface area contributed by atoms with Crippen molar-refractivity contribution in [3.05, 3.63) is 20.8 Å². The van der Waals surface area contributed by atoms with E-state index in [0.29, 0.717) is 13.1 Å². The van der Waals surface area contributed by atoms with E-state index in [0.717, 1.165) is 35.0 Å². The normalized spacial score (nSPS) is 18.4. The van der Waals surface area contributed by atoms with E-state index in [1.165, 1.54) is 11.3 Å². The Kier molecular flexibility index (Phi) is 4.59. The highest BCUT2D eigenvalue weighted by Gasteiger charge is 2.32. The van der Waals surface area contributed by atoms with Gasteiger partial charge in [-0.25, -0.2) is 0 Å². The molecule has 0 unspecified atom stereocenters. The Morgan fingerprint density at radius 1 is 1.56 bits per heavy atom. The van der Waals surface area contributed by atoms with Crippen molar-refractivity contribution in [2.75, 3.05) is 20.1 Å². The second-order valence-electron chi connectivity index (χ2n) is 5.12. The van der Waals surface area contributed by atoms with E-state index in [4.69, 9.17) is 0 Å². The van der Waals surface area contributed by atoms with Gasteiger partial charge < -0.3 is 5.11 Å². The molecule has 0 bridgehead atoms. The molecule has 1 aliphatic rings. The van der Waals surface area contributed by atoms with Gasteiger partial charge in [0, 0.05) is 11.0 Å². The maximum absolute atomic E-state index is 12.1. The molecule has 0 radical (unpaired) electrons. The van der Waals surface area contributed by atoms with Crippen LogP contribution in [-0.4, -0.2) is 41.5 Å².